The Morgan fingerprint density at radius 1 is 0.962 bits per heavy atom. The third-order valence-corrected chi connectivity index (χ3v) is 4.83. The van der Waals surface area contributed by atoms with Crippen LogP contribution >= 0.6 is 35.4 Å². The molecule has 0 aliphatic carbocycles. The Labute approximate surface area is 163 Å². The van der Waals surface area contributed by atoms with Crippen molar-refractivity contribution >= 4 is 63.1 Å². The third-order valence-electron chi connectivity index (χ3n) is 4.01. The van der Waals surface area contributed by atoms with E-state index in [4.69, 9.17) is 40.3 Å². The average molecular weight is 402 g/mol. The minimum atomic E-state index is -0.781. The summed E-state index contributed by atoms with van der Waals surface area (Å²) in [4.78, 5) is 30.7. The highest BCUT2D eigenvalue weighted by molar-refractivity contribution is 7.80. The van der Waals surface area contributed by atoms with Gasteiger partial charge in [0, 0.05) is 21.0 Å². The van der Waals surface area contributed by atoms with Crippen molar-refractivity contribution in [3.05, 3.63) is 81.3 Å². The summed E-state index contributed by atoms with van der Waals surface area (Å²) in [6.45, 7) is 0. The summed E-state index contributed by atoms with van der Waals surface area (Å²) in [5, 5.41) is 3.05. The van der Waals surface area contributed by atoms with Gasteiger partial charge in [-0.1, -0.05) is 65.8 Å². The van der Waals surface area contributed by atoms with Crippen LogP contribution in [0.4, 0.5) is 0 Å². The number of hydrogen-bond acceptors (Lipinski definition) is 4. The summed E-state index contributed by atoms with van der Waals surface area (Å²) < 4.78 is 0. The molecule has 7 heteroatoms. The summed E-state index contributed by atoms with van der Waals surface area (Å²) in [6, 6.07) is 15.2. The van der Waals surface area contributed by atoms with E-state index in [2.05, 4.69) is 0 Å². The normalized spacial score (nSPS) is 13.2. The molecule has 0 aromatic heterocycles. The number of carbonyl (C=O) groups excluding carboxylic acids is 2. The zero-order valence-corrected chi connectivity index (χ0v) is 15.4. The average Bonchev–Trinajstić information content (AvgIpc) is 2.62. The maximum absolute atomic E-state index is 12.8. The first-order chi connectivity index (χ1) is 12.5. The molecule has 0 bridgehead atoms. The molecule has 1 aliphatic heterocycles. The number of carbonyl (C=O) groups is 2. The fourth-order valence-electron chi connectivity index (χ4n) is 2.90. The van der Waals surface area contributed by atoms with Gasteiger partial charge in [0.05, 0.1) is 11.1 Å². The number of rotatable bonds is 2. The largest absolute Gasteiger partial charge is 0.363 e. The van der Waals surface area contributed by atoms with Crippen LogP contribution in [-0.4, -0.2) is 21.9 Å². The smallest absolute Gasteiger partial charge is 0.327 e. The molecular formula is C19H9Cl2NO3S. The van der Waals surface area contributed by atoms with Gasteiger partial charge in [-0.15, -0.1) is 5.06 Å². The van der Waals surface area contributed by atoms with Crippen LogP contribution in [0.25, 0.3) is 10.8 Å². The minimum absolute atomic E-state index is 0.121. The van der Waals surface area contributed by atoms with Crippen molar-refractivity contribution in [2.45, 2.75) is 0 Å². The highest BCUT2D eigenvalue weighted by Crippen LogP contribution is 2.31. The van der Waals surface area contributed by atoms with Gasteiger partial charge in [0.25, 0.3) is 5.91 Å². The van der Waals surface area contributed by atoms with Crippen molar-refractivity contribution in [3.63, 3.8) is 0 Å². The van der Waals surface area contributed by atoms with E-state index in [9.17, 15) is 9.59 Å². The summed E-state index contributed by atoms with van der Waals surface area (Å²) in [5.41, 5.74) is 1.20. The molecule has 1 aliphatic rings. The van der Waals surface area contributed by atoms with Gasteiger partial charge >= 0.3 is 5.97 Å². The number of hydrogen-bond donors (Lipinski definition) is 0. The van der Waals surface area contributed by atoms with Crippen LogP contribution in [0.15, 0.2) is 54.6 Å². The molecule has 4 rings (SSSR count). The highest BCUT2D eigenvalue weighted by Gasteiger charge is 2.33. The molecule has 0 spiro atoms. The highest BCUT2D eigenvalue weighted by atomic mass is 35.5. The van der Waals surface area contributed by atoms with E-state index in [1.807, 2.05) is 18.2 Å². The molecule has 4 nitrogen and oxygen atoms in total. The monoisotopic (exact) mass is 401 g/mol. The SMILES string of the molecule is O=C(ON1C(=O)c2cccc3cccc(c23)C1=S)c1cc(Cl)cc(Cl)c1. The number of nitrogens with zero attached hydrogens (tertiary/aromatic N) is 1. The van der Waals surface area contributed by atoms with Crippen LogP contribution in [0.3, 0.4) is 0 Å². The van der Waals surface area contributed by atoms with Crippen molar-refractivity contribution < 1.29 is 14.4 Å². The summed E-state index contributed by atoms with van der Waals surface area (Å²) >= 11 is 17.2. The second-order valence-electron chi connectivity index (χ2n) is 5.65. The van der Waals surface area contributed by atoms with Crippen LogP contribution in [0.1, 0.15) is 26.3 Å². The quantitative estimate of drug-likeness (QED) is 0.563. The van der Waals surface area contributed by atoms with E-state index in [0.29, 0.717) is 11.1 Å². The first-order valence-electron chi connectivity index (χ1n) is 7.54. The van der Waals surface area contributed by atoms with Gasteiger partial charge in [-0.25, -0.2) is 4.79 Å². The zero-order chi connectivity index (χ0) is 18.4. The lowest BCUT2D eigenvalue weighted by atomic mass is 9.95. The van der Waals surface area contributed by atoms with Crippen molar-refractivity contribution in [2.75, 3.05) is 0 Å². The van der Waals surface area contributed by atoms with Crippen LogP contribution in [0, 0.1) is 0 Å². The molecule has 3 aromatic rings. The van der Waals surface area contributed by atoms with Crippen molar-refractivity contribution in [1.82, 2.24) is 5.06 Å². The van der Waals surface area contributed by atoms with Gasteiger partial charge in [0.15, 0.2) is 4.99 Å². The molecule has 0 N–H and O–H groups in total. The number of amides is 1. The summed E-state index contributed by atoms with van der Waals surface area (Å²) in [7, 11) is 0. The maximum atomic E-state index is 12.8. The van der Waals surface area contributed by atoms with Crippen LogP contribution < -0.4 is 0 Å². The zero-order valence-electron chi connectivity index (χ0n) is 13.0. The van der Waals surface area contributed by atoms with E-state index in [1.165, 1.54) is 18.2 Å². The first kappa shape index (κ1) is 17.0. The van der Waals surface area contributed by atoms with E-state index >= 15 is 0 Å². The Balaban J connectivity index is 1.73. The van der Waals surface area contributed by atoms with E-state index in [-0.39, 0.29) is 20.6 Å². The Morgan fingerprint density at radius 3 is 2.23 bits per heavy atom. The maximum Gasteiger partial charge on any atom is 0.363 e. The van der Waals surface area contributed by atoms with Crippen molar-refractivity contribution in [3.8, 4) is 0 Å². The standard InChI is InChI=1S/C19H9Cl2NO3S/c20-12-7-11(8-13(21)9-12)19(24)25-22-17(23)14-5-1-3-10-4-2-6-15(16(10)14)18(22)26/h1-9H. The molecule has 0 atom stereocenters. The van der Waals surface area contributed by atoms with Crippen molar-refractivity contribution in [1.29, 1.82) is 0 Å². The van der Waals surface area contributed by atoms with Gasteiger partial charge < -0.3 is 4.84 Å². The Hall–Kier alpha value is -2.47. The van der Waals surface area contributed by atoms with Crippen LogP contribution in [-0.2, 0) is 4.84 Å². The number of thiocarbonyl (C=S) groups is 1. The minimum Gasteiger partial charge on any atom is -0.327 e. The molecule has 0 unspecified atom stereocenters. The van der Waals surface area contributed by atoms with Gasteiger partial charge in [-0.05, 0) is 29.7 Å². The predicted octanol–water partition coefficient (Wildman–Crippen LogP) is 5.05. The van der Waals surface area contributed by atoms with Crippen LogP contribution in [0.2, 0.25) is 10.0 Å². The number of benzene rings is 3. The van der Waals surface area contributed by atoms with E-state index in [1.54, 1.807) is 18.2 Å². The Morgan fingerprint density at radius 2 is 1.58 bits per heavy atom. The Kier molecular flexibility index (Phi) is 4.15. The topological polar surface area (TPSA) is 46.6 Å². The fourth-order valence-corrected chi connectivity index (χ4v) is 3.71. The second kappa shape index (κ2) is 6.36. The lowest BCUT2D eigenvalue weighted by Crippen LogP contribution is -2.41. The number of halogens is 2. The van der Waals surface area contributed by atoms with Gasteiger partial charge in [0.2, 0.25) is 0 Å². The fraction of sp³-hybridized carbons (Fsp3) is 0. The molecule has 0 fully saturated rings. The molecule has 0 saturated heterocycles. The molecule has 1 heterocycles. The summed E-state index contributed by atoms with van der Waals surface area (Å²) in [6.07, 6.45) is 0. The molecule has 0 saturated carbocycles. The lowest BCUT2D eigenvalue weighted by Gasteiger charge is -2.27. The first-order valence-corrected chi connectivity index (χ1v) is 8.71. The van der Waals surface area contributed by atoms with E-state index in [0.717, 1.165) is 15.8 Å². The van der Waals surface area contributed by atoms with Crippen LogP contribution in [0.5, 0.6) is 0 Å². The van der Waals surface area contributed by atoms with E-state index < -0.39 is 11.9 Å². The van der Waals surface area contributed by atoms with Gasteiger partial charge in [-0.3, -0.25) is 4.79 Å². The molecule has 1 amide bonds. The molecule has 26 heavy (non-hydrogen) atoms. The molecule has 3 aromatic carbocycles. The lowest BCUT2D eigenvalue weighted by molar-refractivity contribution is -0.0381. The molecular weight excluding hydrogens is 393 g/mol. The van der Waals surface area contributed by atoms with Gasteiger partial charge in [0.1, 0.15) is 0 Å². The van der Waals surface area contributed by atoms with Gasteiger partial charge in [-0.2, -0.15) is 0 Å². The number of hydroxylamine groups is 2. The van der Waals surface area contributed by atoms with Crippen molar-refractivity contribution in [2.24, 2.45) is 0 Å². The summed E-state index contributed by atoms with van der Waals surface area (Å²) in [5.74, 6) is -1.28. The third kappa shape index (κ3) is 2.74. The molecule has 128 valence electrons. The predicted molar refractivity (Wildman–Crippen MR) is 104 cm³/mol. The molecule has 0 radical (unpaired) electrons. The Bertz CT molecular complexity index is 1040. The second-order valence-corrected chi connectivity index (χ2v) is 6.91.